The van der Waals surface area contributed by atoms with E-state index in [1.54, 1.807) is 25.3 Å². The number of anilines is 1. The number of aromatic nitrogens is 1. The van der Waals surface area contributed by atoms with Gasteiger partial charge in [0.15, 0.2) is 0 Å². The maximum absolute atomic E-state index is 11.4. The zero-order chi connectivity index (χ0) is 12.7. The van der Waals surface area contributed by atoms with E-state index in [-0.39, 0.29) is 5.97 Å². The molecule has 4 nitrogen and oxygen atoms in total. The first-order chi connectivity index (χ1) is 8.17. The third-order valence-corrected chi connectivity index (χ3v) is 2.39. The molecule has 0 aliphatic carbocycles. The molecule has 0 aromatic carbocycles. The Labute approximate surface area is 102 Å². The van der Waals surface area contributed by atoms with E-state index in [0.29, 0.717) is 18.2 Å². The Hall–Kier alpha value is -1.58. The molecule has 1 rings (SSSR count). The van der Waals surface area contributed by atoms with Crippen LogP contribution in [0.25, 0.3) is 0 Å². The van der Waals surface area contributed by atoms with E-state index < -0.39 is 0 Å². The first-order valence-corrected chi connectivity index (χ1v) is 6.07. The van der Waals surface area contributed by atoms with Crippen LogP contribution in [0.1, 0.15) is 44.0 Å². The minimum absolute atomic E-state index is 0.326. The molecule has 0 aliphatic rings. The number of pyridine rings is 1. The minimum Gasteiger partial charge on any atom is -0.462 e. The summed E-state index contributed by atoms with van der Waals surface area (Å²) < 4.78 is 4.89. The van der Waals surface area contributed by atoms with Crippen LogP contribution >= 0.6 is 0 Å². The number of hydrogen-bond donors (Lipinski definition) is 1. The molecule has 4 heteroatoms. The maximum atomic E-state index is 11.4. The van der Waals surface area contributed by atoms with E-state index in [9.17, 15) is 4.79 Å². The Kier molecular flexibility index (Phi) is 5.46. The van der Waals surface area contributed by atoms with E-state index in [0.717, 1.165) is 18.7 Å². The summed E-state index contributed by atoms with van der Waals surface area (Å²) in [4.78, 5) is 15.6. The molecule has 0 saturated carbocycles. The van der Waals surface area contributed by atoms with Gasteiger partial charge in [0.1, 0.15) is 5.82 Å². The summed E-state index contributed by atoms with van der Waals surface area (Å²) in [5.41, 5.74) is 0.487. The SMILES string of the molecule is CCCC(C)Nc1ccc(C(=O)OCC)cn1. The second-order valence-corrected chi connectivity index (χ2v) is 3.99. The number of carbonyl (C=O) groups excluding carboxylic acids is 1. The molecular formula is C13H20N2O2. The van der Waals surface area contributed by atoms with Crippen LogP contribution in [0.5, 0.6) is 0 Å². The minimum atomic E-state index is -0.326. The van der Waals surface area contributed by atoms with Gasteiger partial charge in [-0.1, -0.05) is 13.3 Å². The van der Waals surface area contributed by atoms with Crippen molar-refractivity contribution in [2.24, 2.45) is 0 Å². The van der Waals surface area contributed by atoms with Crippen molar-refractivity contribution in [1.82, 2.24) is 4.98 Å². The van der Waals surface area contributed by atoms with Crippen molar-refractivity contribution in [1.29, 1.82) is 0 Å². The molecule has 1 atom stereocenters. The number of hydrogen-bond acceptors (Lipinski definition) is 4. The van der Waals surface area contributed by atoms with E-state index >= 15 is 0 Å². The van der Waals surface area contributed by atoms with Crippen molar-refractivity contribution in [2.75, 3.05) is 11.9 Å². The Balaban J connectivity index is 2.58. The Morgan fingerprint density at radius 3 is 2.76 bits per heavy atom. The third kappa shape index (κ3) is 4.43. The fourth-order valence-electron chi connectivity index (χ4n) is 1.57. The normalized spacial score (nSPS) is 11.9. The molecule has 0 fully saturated rings. The molecule has 0 radical (unpaired) electrons. The maximum Gasteiger partial charge on any atom is 0.339 e. The smallest absolute Gasteiger partial charge is 0.339 e. The van der Waals surface area contributed by atoms with Crippen LogP contribution in [-0.2, 0) is 4.74 Å². The number of carbonyl (C=O) groups is 1. The van der Waals surface area contributed by atoms with Gasteiger partial charge < -0.3 is 10.1 Å². The quantitative estimate of drug-likeness (QED) is 0.772. The van der Waals surface area contributed by atoms with Crippen molar-refractivity contribution in [3.8, 4) is 0 Å². The molecule has 0 bridgehead atoms. The molecule has 94 valence electrons. The first kappa shape index (κ1) is 13.5. The molecule has 17 heavy (non-hydrogen) atoms. The van der Waals surface area contributed by atoms with Crippen molar-refractivity contribution in [3.05, 3.63) is 23.9 Å². The summed E-state index contributed by atoms with van der Waals surface area (Å²) in [5.74, 6) is 0.465. The monoisotopic (exact) mass is 236 g/mol. The highest BCUT2D eigenvalue weighted by Gasteiger charge is 2.07. The first-order valence-electron chi connectivity index (χ1n) is 6.07. The second kappa shape index (κ2) is 6.89. The summed E-state index contributed by atoms with van der Waals surface area (Å²) in [6.07, 6.45) is 3.77. The molecule has 1 aromatic rings. The van der Waals surface area contributed by atoms with Crippen LogP contribution in [0.4, 0.5) is 5.82 Å². The highest BCUT2D eigenvalue weighted by molar-refractivity contribution is 5.89. The average Bonchev–Trinajstić information content (AvgIpc) is 2.30. The lowest BCUT2D eigenvalue weighted by Crippen LogP contribution is -2.15. The van der Waals surface area contributed by atoms with Gasteiger partial charge >= 0.3 is 5.97 Å². The summed E-state index contributed by atoms with van der Waals surface area (Å²) in [5, 5.41) is 3.28. The number of nitrogens with zero attached hydrogens (tertiary/aromatic N) is 1. The summed E-state index contributed by atoms with van der Waals surface area (Å²) in [7, 11) is 0. The Bertz CT molecular complexity index is 349. The zero-order valence-corrected chi connectivity index (χ0v) is 10.7. The van der Waals surface area contributed by atoms with Gasteiger partial charge in [-0.05, 0) is 32.4 Å². The van der Waals surface area contributed by atoms with Gasteiger partial charge in [-0.3, -0.25) is 0 Å². The molecular weight excluding hydrogens is 216 g/mol. The topological polar surface area (TPSA) is 51.2 Å². The summed E-state index contributed by atoms with van der Waals surface area (Å²) >= 11 is 0. The van der Waals surface area contributed by atoms with Crippen LogP contribution in [0, 0.1) is 0 Å². The van der Waals surface area contributed by atoms with Gasteiger partial charge in [-0.15, -0.1) is 0 Å². The van der Waals surface area contributed by atoms with Gasteiger partial charge in [0.2, 0.25) is 0 Å². The van der Waals surface area contributed by atoms with Gasteiger partial charge in [0, 0.05) is 12.2 Å². The van der Waals surface area contributed by atoms with Crippen molar-refractivity contribution in [3.63, 3.8) is 0 Å². The van der Waals surface area contributed by atoms with E-state index in [1.807, 2.05) is 0 Å². The molecule has 0 aliphatic heterocycles. The van der Waals surface area contributed by atoms with Gasteiger partial charge in [0.05, 0.1) is 12.2 Å². The Morgan fingerprint density at radius 1 is 1.47 bits per heavy atom. The number of rotatable bonds is 6. The molecule has 1 unspecified atom stereocenters. The number of nitrogens with one attached hydrogen (secondary N) is 1. The van der Waals surface area contributed by atoms with E-state index in [1.165, 1.54) is 0 Å². The molecule has 1 aromatic heterocycles. The summed E-state index contributed by atoms with van der Waals surface area (Å²) in [6, 6.07) is 3.92. The van der Waals surface area contributed by atoms with Crippen molar-refractivity contribution < 1.29 is 9.53 Å². The standard InChI is InChI=1S/C13H20N2O2/c1-4-6-10(3)15-12-8-7-11(9-14-12)13(16)17-5-2/h7-10H,4-6H2,1-3H3,(H,14,15). The van der Waals surface area contributed by atoms with Gasteiger partial charge in [-0.2, -0.15) is 0 Å². The highest BCUT2D eigenvalue weighted by Crippen LogP contribution is 2.09. The molecule has 0 saturated heterocycles. The third-order valence-electron chi connectivity index (χ3n) is 2.39. The molecule has 0 spiro atoms. The largest absolute Gasteiger partial charge is 0.462 e. The number of esters is 1. The zero-order valence-electron chi connectivity index (χ0n) is 10.7. The van der Waals surface area contributed by atoms with E-state index in [2.05, 4.69) is 24.1 Å². The number of ether oxygens (including phenoxy) is 1. The fourth-order valence-corrected chi connectivity index (χ4v) is 1.57. The molecule has 0 amide bonds. The predicted molar refractivity (Wildman–Crippen MR) is 68.2 cm³/mol. The van der Waals surface area contributed by atoms with E-state index in [4.69, 9.17) is 4.74 Å². The fraction of sp³-hybridized carbons (Fsp3) is 0.538. The lowest BCUT2D eigenvalue weighted by molar-refractivity contribution is 0.0526. The van der Waals surface area contributed by atoms with Crippen LogP contribution in [0.15, 0.2) is 18.3 Å². The Morgan fingerprint density at radius 2 is 2.24 bits per heavy atom. The van der Waals surface area contributed by atoms with Crippen LogP contribution in [-0.4, -0.2) is 23.6 Å². The lowest BCUT2D eigenvalue weighted by atomic mass is 10.2. The highest BCUT2D eigenvalue weighted by atomic mass is 16.5. The van der Waals surface area contributed by atoms with Crippen molar-refractivity contribution in [2.45, 2.75) is 39.7 Å². The summed E-state index contributed by atoms with van der Waals surface area (Å²) in [6.45, 7) is 6.43. The lowest BCUT2D eigenvalue weighted by Gasteiger charge is -2.13. The second-order valence-electron chi connectivity index (χ2n) is 3.99. The van der Waals surface area contributed by atoms with Crippen LogP contribution < -0.4 is 5.32 Å². The molecule has 1 heterocycles. The molecule has 1 N–H and O–H groups in total. The van der Waals surface area contributed by atoms with Crippen molar-refractivity contribution >= 4 is 11.8 Å². The van der Waals surface area contributed by atoms with Gasteiger partial charge in [-0.25, -0.2) is 9.78 Å². The van der Waals surface area contributed by atoms with Crippen LogP contribution in [0.2, 0.25) is 0 Å². The van der Waals surface area contributed by atoms with Gasteiger partial charge in [0.25, 0.3) is 0 Å². The average molecular weight is 236 g/mol. The predicted octanol–water partition coefficient (Wildman–Crippen LogP) is 2.86. The van der Waals surface area contributed by atoms with Crippen LogP contribution in [0.3, 0.4) is 0 Å².